The molecule has 0 saturated carbocycles. The largest absolute Gasteiger partial charge is 0.395 e. The lowest BCUT2D eigenvalue weighted by Crippen LogP contribution is -2.27. The van der Waals surface area contributed by atoms with Crippen molar-refractivity contribution >= 4 is 11.6 Å². The van der Waals surface area contributed by atoms with E-state index < -0.39 is 0 Å². The normalized spacial score (nSPS) is 10.9. The van der Waals surface area contributed by atoms with E-state index in [9.17, 15) is 4.79 Å². The minimum absolute atomic E-state index is 0.116. The molecular formula is C17H32N4O. The van der Waals surface area contributed by atoms with Gasteiger partial charge in [-0.15, -0.1) is 0 Å². The topological polar surface area (TPSA) is 72.9 Å². The molecule has 126 valence electrons. The zero-order chi connectivity index (χ0) is 16.4. The van der Waals surface area contributed by atoms with Crippen LogP contribution in [0.25, 0.3) is 0 Å². The molecule has 1 aromatic rings. The summed E-state index contributed by atoms with van der Waals surface area (Å²) in [5.74, 6) is -0.116. The van der Waals surface area contributed by atoms with E-state index in [1.807, 2.05) is 6.92 Å². The van der Waals surface area contributed by atoms with Crippen molar-refractivity contribution in [2.24, 2.45) is 7.05 Å². The van der Waals surface area contributed by atoms with Gasteiger partial charge in [-0.25, -0.2) is 0 Å². The molecule has 1 amide bonds. The Bertz CT molecular complexity index is 454. The summed E-state index contributed by atoms with van der Waals surface area (Å²) in [4.78, 5) is 12.2. The molecule has 0 aliphatic carbocycles. The van der Waals surface area contributed by atoms with Crippen LogP contribution in [0.2, 0.25) is 0 Å². The molecule has 0 saturated heterocycles. The Morgan fingerprint density at radius 3 is 2.23 bits per heavy atom. The summed E-state index contributed by atoms with van der Waals surface area (Å²) < 4.78 is 1.58. The fourth-order valence-corrected chi connectivity index (χ4v) is 2.67. The number of hydrogen-bond donors (Lipinski definition) is 2. The quantitative estimate of drug-likeness (QED) is 0.615. The van der Waals surface area contributed by atoms with Gasteiger partial charge >= 0.3 is 0 Å². The van der Waals surface area contributed by atoms with Crippen molar-refractivity contribution in [1.82, 2.24) is 15.1 Å². The van der Waals surface area contributed by atoms with Gasteiger partial charge in [-0.2, -0.15) is 5.10 Å². The van der Waals surface area contributed by atoms with Crippen molar-refractivity contribution in [1.29, 1.82) is 0 Å². The number of aromatic nitrogens is 2. The molecule has 0 radical (unpaired) electrons. The van der Waals surface area contributed by atoms with Gasteiger partial charge in [-0.3, -0.25) is 9.48 Å². The van der Waals surface area contributed by atoms with Gasteiger partial charge in [0, 0.05) is 13.6 Å². The number of nitrogen functional groups attached to an aromatic ring is 1. The Balaban J connectivity index is 2.20. The van der Waals surface area contributed by atoms with Crippen molar-refractivity contribution in [3.63, 3.8) is 0 Å². The highest BCUT2D eigenvalue weighted by molar-refractivity contribution is 5.97. The van der Waals surface area contributed by atoms with E-state index in [1.165, 1.54) is 44.9 Å². The van der Waals surface area contributed by atoms with Gasteiger partial charge in [0.05, 0.1) is 11.4 Å². The number of nitrogens with zero attached hydrogens (tertiary/aromatic N) is 2. The van der Waals surface area contributed by atoms with Crippen LogP contribution < -0.4 is 11.1 Å². The van der Waals surface area contributed by atoms with Crippen molar-refractivity contribution in [3.05, 3.63) is 11.4 Å². The number of unbranched alkanes of at least 4 members (excludes halogenated alkanes) is 7. The molecular weight excluding hydrogens is 276 g/mol. The predicted octanol–water partition coefficient (Wildman–Crippen LogP) is 3.44. The average molecular weight is 308 g/mol. The Morgan fingerprint density at radius 2 is 1.68 bits per heavy atom. The second-order valence-electron chi connectivity index (χ2n) is 5.92. The van der Waals surface area contributed by atoms with Gasteiger partial charge in [-0.05, 0) is 12.8 Å². The first-order chi connectivity index (χ1) is 10.6. The maximum Gasteiger partial charge on any atom is 0.271 e. The van der Waals surface area contributed by atoms with Gasteiger partial charge in [0.2, 0.25) is 0 Å². The molecule has 5 nitrogen and oxygen atoms in total. The van der Waals surface area contributed by atoms with Crippen LogP contribution in [0.1, 0.15) is 81.4 Å². The summed E-state index contributed by atoms with van der Waals surface area (Å²) in [6, 6.07) is 0. The van der Waals surface area contributed by atoms with E-state index in [4.69, 9.17) is 5.73 Å². The highest BCUT2D eigenvalue weighted by atomic mass is 16.2. The summed E-state index contributed by atoms with van der Waals surface area (Å²) >= 11 is 0. The van der Waals surface area contributed by atoms with Crippen LogP contribution >= 0.6 is 0 Å². The molecule has 0 bridgehead atoms. The van der Waals surface area contributed by atoms with Crippen molar-refractivity contribution in [2.45, 2.75) is 71.6 Å². The molecule has 1 rings (SSSR count). The molecule has 0 atom stereocenters. The summed E-state index contributed by atoms with van der Waals surface area (Å²) in [5.41, 5.74) is 7.77. The number of hydrogen-bond acceptors (Lipinski definition) is 3. The molecule has 5 heteroatoms. The third-order valence-corrected chi connectivity index (χ3v) is 4.03. The van der Waals surface area contributed by atoms with Crippen LogP contribution in [0, 0.1) is 0 Å². The zero-order valence-corrected chi connectivity index (χ0v) is 14.5. The Kier molecular flexibility index (Phi) is 8.63. The standard InChI is InChI=1S/C17H32N4O/c1-4-6-7-8-9-10-11-12-13-19-17(22)16-15(18)14(5-2)20-21(16)3/h4-13,18H2,1-3H3,(H,19,22). The number of nitrogens with one attached hydrogen (secondary N) is 1. The minimum Gasteiger partial charge on any atom is -0.395 e. The van der Waals surface area contributed by atoms with Crippen LogP contribution in [0.3, 0.4) is 0 Å². The van der Waals surface area contributed by atoms with Crippen LogP contribution in [0.4, 0.5) is 5.69 Å². The fraction of sp³-hybridized carbons (Fsp3) is 0.765. The van der Waals surface area contributed by atoms with Crippen LogP contribution in [0.5, 0.6) is 0 Å². The minimum atomic E-state index is -0.116. The molecule has 0 fully saturated rings. The number of amides is 1. The van der Waals surface area contributed by atoms with Gasteiger partial charge in [0.25, 0.3) is 5.91 Å². The highest BCUT2D eigenvalue weighted by Crippen LogP contribution is 2.16. The number of nitrogens with two attached hydrogens (primary N) is 1. The first kappa shape index (κ1) is 18.5. The zero-order valence-electron chi connectivity index (χ0n) is 14.5. The fourth-order valence-electron chi connectivity index (χ4n) is 2.67. The SMILES string of the molecule is CCCCCCCCCCNC(=O)c1c(N)c(CC)nn1C. The van der Waals surface area contributed by atoms with Crippen molar-refractivity contribution in [3.8, 4) is 0 Å². The number of carbonyl (C=O) groups excluding carboxylic acids is 1. The number of aryl methyl sites for hydroxylation is 2. The van der Waals surface area contributed by atoms with E-state index in [0.29, 0.717) is 17.9 Å². The molecule has 1 aromatic heterocycles. The third-order valence-electron chi connectivity index (χ3n) is 4.03. The summed E-state index contributed by atoms with van der Waals surface area (Å²) in [7, 11) is 1.76. The summed E-state index contributed by atoms with van der Waals surface area (Å²) in [6.07, 6.45) is 10.8. The maximum absolute atomic E-state index is 12.2. The van der Waals surface area contributed by atoms with E-state index >= 15 is 0 Å². The predicted molar refractivity (Wildman–Crippen MR) is 91.9 cm³/mol. The Morgan fingerprint density at radius 1 is 1.09 bits per heavy atom. The van der Waals surface area contributed by atoms with Crippen LogP contribution in [-0.4, -0.2) is 22.2 Å². The Labute approximate surface area is 134 Å². The van der Waals surface area contributed by atoms with E-state index in [0.717, 1.165) is 18.5 Å². The summed E-state index contributed by atoms with van der Waals surface area (Å²) in [5, 5.41) is 7.22. The lowest BCUT2D eigenvalue weighted by molar-refractivity contribution is 0.0944. The first-order valence-electron chi connectivity index (χ1n) is 8.71. The summed E-state index contributed by atoms with van der Waals surface area (Å²) in [6.45, 7) is 4.93. The molecule has 1 heterocycles. The number of rotatable bonds is 11. The van der Waals surface area contributed by atoms with E-state index in [2.05, 4.69) is 17.3 Å². The first-order valence-corrected chi connectivity index (χ1v) is 8.71. The second kappa shape index (κ2) is 10.2. The highest BCUT2D eigenvalue weighted by Gasteiger charge is 2.18. The monoisotopic (exact) mass is 308 g/mol. The third kappa shape index (κ3) is 5.70. The maximum atomic E-state index is 12.2. The van der Waals surface area contributed by atoms with Crippen molar-refractivity contribution in [2.75, 3.05) is 12.3 Å². The average Bonchev–Trinajstić information content (AvgIpc) is 2.79. The Hall–Kier alpha value is -1.52. The van der Waals surface area contributed by atoms with Crippen LogP contribution in [-0.2, 0) is 13.5 Å². The molecule has 0 aliphatic rings. The number of anilines is 1. The molecule has 3 N–H and O–H groups in total. The molecule has 0 spiro atoms. The lowest BCUT2D eigenvalue weighted by Gasteiger charge is -2.06. The van der Waals surface area contributed by atoms with Gasteiger partial charge in [-0.1, -0.05) is 58.8 Å². The second-order valence-corrected chi connectivity index (χ2v) is 5.92. The van der Waals surface area contributed by atoms with Gasteiger partial charge < -0.3 is 11.1 Å². The molecule has 0 aliphatic heterocycles. The van der Waals surface area contributed by atoms with E-state index in [-0.39, 0.29) is 5.91 Å². The number of carbonyl (C=O) groups is 1. The van der Waals surface area contributed by atoms with Crippen LogP contribution in [0.15, 0.2) is 0 Å². The van der Waals surface area contributed by atoms with Gasteiger partial charge in [0.15, 0.2) is 0 Å². The van der Waals surface area contributed by atoms with Gasteiger partial charge in [0.1, 0.15) is 5.69 Å². The molecule has 0 unspecified atom stereocenters. The molecule has 0 aromatic carbocycles. The van der Waals surface area contributed by atoms with Crippen molar-refractivity contribution < 1.29 is 4.79 Å². The molecule has 22 heavy (non-hydrogen) atoms. The lowest BCUT2D eigenvalue weighted by atomic mass is 10.1. The van der Waals surface area contributed by atoms with E-state index in [1.54, 1.807) is 11.7 Å². The smallest absolute Gasteiger partial charge is 0.271 e.